The molecule has 1 heterocycles. The smallest absolute Gasteiger partial charge is 0.326 e. The number of nitrogens with zero attached hydrogens (tertiary/aromatic N) is 1. The van der Waals surface area contributed by atoms with E-state index in [1.165, 1.54) is 4.90 Å². The van der Waals surface area contributed by atoms with Gasteiger partial charge < -0.3 is 32.1 Å². The van der Waals surface area contributed by atoms with Crippen LogP contribution in [0.25, 0.3) is 0 Å². The molecule has 35 heavy (non-hydrogen) atoms. The Morgan fingerprint density at radius 1 is 1.11 bits per heavy atom. The van der Waals surface area contributed by atoms with Gasteiger partial charge in [-0.2, -0.15) is 0 Å². The van der Waals surface area contributed by atoms with E-state index in [-0.39, 0.29) is 25.2 Å². The van der Waals surface area contributed by atoms with Crippen molar-refractivity contribution in [3.8, 4) is 0 Å². The minimum atomic E-state index is -1.17. The van der Waals surface area contributed by atoms with Crippen molar-refractivity contribution < 1.29 is 29.1 Å². The van der Waals surface area contributed by atoms with Gasteiger partial charge in [-0.1, -0.05) is 44.2 Å². The lowest BCUT2D eigenvalue weighted by atomic mass is 10.0. The molecule has 0 radical (unpaired) electrons. The number of likely N-dealkylation sites (tertiary alicyclic amines) is 1. The Balaban J connectivity index is 2.17. The third-order valence-electron chi connectivity index (χ3n) is 6.00. The van der Waals surface area contributed by atoms with Crippen LogP contribution >= 0.6 is 0 Å². The van der Waals surface area contributed by atoms with Gasteiger partial charge in [0.2, 0.25) is 23.6 Å². The molecule has 0 aliphatic carbocycles. The van der Waals surface area contributed by atoms with Crippen LogP contribution < -0.4 is 22.1 Å². The molecule has 1 aromatic rings. The second kappa shape index (κ2) is 12.8. The zero-order chi connectivity index (χ0) is 26.1. The Labute approximate surface area is 204 Å². The molecule has 11 heteroatoms. The predicted octanol–water partition coefficient (Wildman–Crippen LogP) is -0.477. The summed E-state index contributed by atoms with van der Waals surface area (Å²) in [4.78, 5) is 63.0. The van der Waals surface area contributed by atoms with E-state index >= 15 is 0 Å². The summed E-state index contributed by atoms with van der Waals surface area (Å²) in [6.45, 7) is 3.67. The fourth-order valence-electron chi connectivity index (χ4n) is 4.03. The summed E-state index contributed by atoms with van der Waals surface area (Å²) in [7, 11) is 0. The topological polar surface area (TPSA) is 185 Å². The Hall–Kier alpha value is -3.47. The van der Waals surface area contributed by atoms with Crippen LogP contribution in [0.3, 0.4) is 0 Å². The Morgan fingerprint density at radius 2 is 1.77 bits per heavy atom. The SMILES string of the molecule is CC(C)C(NC(=O)C(Cc1ccccc1)NC(=O)C1CCCN1C(=O)C(N)CCC(N)=O)C(=O)O. The van der Waals surface area contributed by atoms with E-state index in [2.05, 4.69) is 10.6 Å². The monoisotopic (exact) mass is 489 g/mol. The minimum Gasteiger partial charge on any atom is -0.480 e. The summed E-state index contributed by atoms with van der Waals surface area (Å²) in [6.07, 6.45) is 1.14. The van der Waals surface area contributed by atoms with Gasteiger partial charge in [0.05, 0.1) is 6.04 Å². The molecular formula is C24H35N5O6. The lowest BCUT2D eigenvalue weighted by Gasteiger charge is -2.29. The molecule has 1 aromatic carbocycles. The van der Waals surface area contributed by atoms with E-state index in [0.29, 0.717) is 19.4 Å². The number of nitrogens with one attached hydrogen (secondary N) is 2. The number of hydrogen-bond donors (Lipinski definition) is 5. The third-order valence-corrected chi connectivity index (χ3v) is 6.00. The van der Waals surface area contributed by atoms with E-state index in [1.807, 2.05) is 6.07 Å². The highest BCUT2D eigenvalue weighted by Crippen LogP contribution is 2.20. The molecule has 0 saturated carbocycles. The predicted molar refractivity (Wildman–Crippen MR) is 128 cm³/mol. The van der Waals surface area contributed by atoms with Crippen molar-refractivity contribution in [2.45, 2.75) is 70.1 Å². The first-order valence-electron chi connectivity index (χ1n) is 11.7. The van der Waals surface area contributed by atoms with Gasteiger partial charge in [0, 0.05) is 19.4 Å². The maximum absolute atomic E-state index is 13.2. The number of primary amides is 1. The average Bonchev–Trinajstić information content (AvgIpc) is 3.30. The van der Waals surface area contributed by atoms with E-state index in [0.717, 1.165) is 5.56 Å². The number of carboxylic acid groups (broad SMARTS) is 1. The summed E-state index contributed by atoms with van der Waals surface area (Å²) in [5, 5.41) is 14.7. The van der Waals surface area contributed by atoms with Gasteiger partial charge in [-0.3, -0.25) is 19.2 Å². The number of carbonyl (C=O) groups is 5. The van der Waals surface area contributed by atoms with Crippen LogP contribution in [-0.4, -0.2) is 70.3 Å². The van der Waals surface area contributed by atoms with Crippen molar-refractivity contribution in [1.82, 2.24) is 15.5 Å². The van der Waals surface area contributed by atoms with Crippen molar-refractivity contribution in [2.24, 2.45) is 17.4 Å². The van der Waals surface area contributed by atoms with Crippen LogP contribution in [0.4, 0.5) is 0 Å². The molecule has 4 unspecified atom stereocenters. The molecule has 1 saturated heterocycles. The maximum Gasteiger partial charge on any atom is 0.326 e. The second-order valence-electron chi connectivity index (χ2n) is 9.12. The maximum atomic E-state index is 13.2. The highest BCUT2D eigenvalue weighted by molar-refractivity contribution is 5.94. The van der Waals surface area contributed by atoms with E-state index in [4.69, 9.17) is 11.5 Å². The zero-order valence-corrected chi connectivity index (χ0v) is 20.1. The zero-order valence-electron chi connectivity index (χ0n) is 20.1. The van der Waals surface area contributed by atoms with Gasteiger partial charge in [0.25, 0.3) is 0 Å². The van der Waals surface area contributed by atoms with Gasteiger partial charge in [0.15, 0.2) is 0 Å². The van der Waals surface area contributed by atoms with Crippen molar-refractivity contribution in [1.29, 1.82) is 0 Å². The van der Waals surface area contributed by atoms with Crippen molar-refractivity contribution in [2.75, 3.05) is 6.54 Å². The van der Waals surface area contributed by atoms with Crippen LogP contribution in [0.5, 0.6) is 0 Å². The molecule has 1 aliphatic rings. The number of hydrogen-bond acceptors (Lipinski definition) is 6. The second-order valence-corrected chi connectivity index (χ2v) is 9.12. The molecular weight excluding hydrogens is 454 g/mol. The van der Waals surface area contributed by atoms with Crippen molar-refractivity contribution in [3.05, 3.63) is 35.9 Å². The summed E-state index contributed by atoms with van der Waals surface area (Å²) in [5.74, 6) is -3.72. The number of carboxylic acids is 1. The Kier molecular flexibility index (Phi) is 10.2. The molecule has 0 spiro atoms. The molecule has 0 aromatic heterocycles. The van der Waals surface area contributed by atoms with Crippen LogP contribution in [0.15, 0.2) is 30.3 Å². The molecule has 4 atom stereocenters. The lowest BCUT2D eigenvalue weighted by Crippen LogP contribution is -2.57. The largest absolute Gasteiger partial charge is 0.480 e. The highest BCUT2D eigenvalue weighted by Gasteiger charge is 2.38. The van der Waals surface area contributed by atoms with Crippen LogP contribution in [0, 0.1) is 5.92 Å². The first kappa shape index (κ1) is 27.8. The summed E-state index contributed by atoms with van der Waals surface area (Å²) < 4.78 is 0. The molecule has 192 valence electrons. The Bertz CT molecular complexity index is 922. The van der Waals surface area contributed by atoms with Crippen molar-refractivity contribution >= 4 is 29.6 Å². The normalized spacial score (nSPS) is 17.9. The quantitative estimate of drug-likeness (QED) is 0.262. The van der Waals surface area contributed by atoms with Gasteiger partial charge in [-0.05, 0) is 30.7 Å². The van der Waals surface area contributed by atoms with Gasteiger partial charge >= 0.3 is 5.97 Å². The van der Waals surface area contributed by atoms with Crippen LogP contribution in [0.2, 0.25) is 0 Å². The standard InChI is InChI=1S/C24H35N5O6/c1-14(2)20(24(34)35)28-21(31)17(13-15-7-4-3-5-8-15)27-22(32)18-9-6-12-29(18)23(33)16(25)10-11-19(26)30/h3-5,7-8,14,16-18,20H,6,9-13,25H2,1-2H3,(H2,26,30)(H,27,32)(H,28,31)(H,34,35). The minimum absolute atomic E-state index is 0.0441. The number of amides is 4. The number of nitrogens with two attached hydrogens (primary N) is 2. The molecule has 7 N–H and O–H groups in total. The number of rotatable bonds is 12. The Morgan fingerprint density at radius 3 is 2.34 bits per heavy atom. The molecule has 1 aliphatic heterocycles. The molecule has 1 fully saturated rings. The number of benzene rings is 1. The number of aliphatic carboxylic acids is 1. The average molecular weight is 490 g/mol. The van der Waals surface area contributed by atoms with E-state index < -0.39 is 53.8 Å². The van der Waals surface area contributed by atoms with Crippen LogP contribution in [-0.2, 0) is 30.4 Å². The van der Waals surface area contributed by atoms with Gasteiger partial charge in [0.1, 0.15) is 18.1 Å². The molecule has 0 bridgehead atoms. The van der Waals surface area contributed by atoms with Gasteiger partial charge in [-0.25, -0.2) is 4.79 Å². The van der Waals surface area contributed by atoms with E-state index in [1.54, 1.807) is 38.1 Å². The van der Waals surface area contributed by atoms with Crippen LogP contribution in [0.1, 0.15) is 45.1 Å². The molecule has 4 amide bonds. The summed E-state index contributed by atoms with van der Waals surface area (Å²) in [5.41, 5.74) is 11.8. The summed E-state index contributed by atoms with van der Waals surface area (Å²) >= 11 is 0. The molecule has 11 nitrogen and oxygen atoms in total. The highest BCUT2D eigenvalue weighted by atomic mass is 16.4. The number of carbonyl (C=O) groups excluding carboxylic acids is 4. The third kappa shape index (κ3) is 8.06. The fraction of sp³-hybridized carbons (Fsp3) is 0.542. The first-order valence-corrected chi connectivity index (χ1v) is 11.7. The van der Waals surface area contributed by atoms with E-state index in [9.17, 15) is 29.1 Å². The summed E-state index contributed by atoms with van der Waals surface area (Å²) in [6, 6.07) is 5.04. The first-order chi connectivity index (χ1) is 16.5. The van der Waals surface area contributed by atoms with Gasteiger partial charge in [-0.15, -0.1) is 0 Å². The fourth-order valence-corrected chi connectivity index (χ4v) is 4.03. The molecule has 2 rings (SSSR count). The lowest BCUT2D eigenvalue weighted by molar-refractivity contribution is -0.144. The van der Waals surface area contributed by atoms with Crippen molar-refractivity contribution in [3.63, 3.8) is 0 Å².